The molecule has 0 radical (unpaired) electrons. The second-order valence-electron chi connectivity index (χ2n) is 7.82. The Morgan fingerprint density at radius 3 is 2.78 bits per heavy atom. The van der Waals surface area contributed by atoms with Gasteiger partial charge in [0.1, 0.15) is 5.75 Å². The maximum Gasteiger partial charge on any atom is 0.302 e. The van der Waals surface area contributed by atoms with Gasteiger partial charge in [0.2, 0.25) is 0 Å². The van der Waals surface area contributed by atoms with Gasteiger partial charge >= 0.3 is 5.97 Å². The average Bonchev–Trinajstić information content (AvgIpc) is 2.52. The number of aryl methyl sites for hydroxylation is 1. The van der Waals surface area contributed by atoms with Gasteiger partial charge in [0.25, 0.3) is 0 Å². The second kappa shape index (κ2) is 5.85. The van der Waals surface area contributed by atoms with Crippen molar-refractivity contribution in [2.45, 2.75) is 58.3 Å². The second-order valence-corrected chi connectivity index (χ2v) is 7.82. The number of hydrogen-bond acceptors (Lipinski definition) is 3. The quantitative estimate of drug-likeness (QED) is 0.781. The molecule has 3 atom stereocenters. The zero-order valence-electron chi connectivity index (χ0n) is 14.8. The molecule has 1 aromatic rings. The summed E-state index contributed by atoms with van der Waals surface area (Å²) in [5.74, 6) is 1.32. The van der Waals surface area contributed by atoms with Crippen LogP contribution in [0.3, 0.4) is 0 Å². The van der Waals surface area contributed by atoms with Crippen molar-refractivity contribution in [2.75, 3.05) is 13.7 Å². The highest BCUT2D eigenvalue weighted by Crippen LogP contribution is 2.57. The van der Waals surface area contributed by atoms with Crippen LogP contribution < -0.4 is 4.74 Å². The number of carbonyl (C=O) groups is 1. The minimum absolute atomic E-state index is 0.0689. The molecule has 1 fully saturated rings. The van der Waals surface area contributed by atoms with Crippen LogP contribution in [0.25, 0.3) is 0 Å². The smallest absolute Gasteiger partial charge is 0.302 e. The van der Waals surface area contributed by atoms with Gasteiger partial charge in [-0.1, -0.05) is 26.3 Å². The molecule has 1 aromatic carbocycles. The molecule has 3 unspecified atom stereocenters. The summed E-state index contributed by atoms with van der Waals surface area (Å²) in [5.41, 5.74) is 3.12. The average molecular weight is 316 g/mol. The molecule has 0 saturated heterocycles. The Labute approximate surface area is 139 Å². The predicted octanol–water partition coefficient (Wildman–Crippen LogP) is 4.27. The van der Waals surface area contributed by atoms with E-state index in [1.807, 2.05) is 0 Å². The van der Waals surface area contributed by atoms with Gasteiger partial charge in [-0.05, 0) is 60.3 Å². The Hall–Kier alpha value is -1.51. The molecule has 2 aliphatic carbocycles. The van der Waals surface area contributed by atoms with Crippen LogP contribution in [-0.2, 0) is 21.4 Å². The Morgan fingerprint density at radius 1 is 1.30 bits per heavy atom. The first kappa shape index (κ1) is 16.4. The maximum absolute atomic E-state index is 11.3. The first-order valence-corrected chi connectivity index (χ1v) is 8.70. The molecule has 3 rings (SSSR count). The molecule has 0 aliphatic heterocycles. The Balaban J connectivity index is 1.98. The van der Waals surface area contributed by atoms with Gasteiger partial charge in [0.15, 0.2) is 0 Å². The summed E-state index contributed by atoms with van der Waals surface area (Å²) in [6.07, 6.45) is 5.80. The number of ether oxygens (including phenoxy) is 2. The van der Waals surface area contributed by atoms with E-state index in [1.165, 1.54) is 37.3 Å². The van der Waals surface area contributed by atoms with Crippen LogP contribution in [0, 0.1) is 11.3 Å². The van der Waals surface area contributed by atoms with E-state index in [0.717, 1.165) is 18.6 Å². The molecule has 0 bridgehead atoms. The summed E-state index contributed by atoms with van der Waals surface area (Å²) in [4.78, 5) is 11.3. The van der Waals surface area contributed by atoms with Crippen molar-refractivity contribution in [1.29, 1.82) is 0 Å². The van der Waals surface area contributed by atoms with E-state index in [1.54, 1.807) is 7.11 Å². The van der Waals surface area contributed by atoms with E-state index in [0.29, 0.717) is 12.5 Å². The Morgan fingerprint density at radius 2 is 2.09 bits per heavy atom. The molecule has 126 valence electrons. The number of rotatable bonds is 3. The number of benzene rings is 1. The van der Waals surface area contributed by atoms with E-state index in [4.69, 9.17) is 9.47 Å². The summed E-state index contributed by atoms with van der Waals surface area (Å²) in [6, 6.07) is 6.54. The van der Waals surface area contributed by atoms with Gasteiger partial charge in [-0.3, -0.25) is 4.79 Å². The molecule has 1 saturated carbocycles. The fourth-order valence-corrected chi connectivity index (χ4v) is 5.14. The molecule has 23 heavy (non-hydrogen) atoms. The molecule has 0 amide bonds. The van der Waals surface area contributed by atoms with Crippen molar-refractivity contribution >= 4 is 5.97 Å². The fourth-order valence-electron chi connectivity index (χ4n) is 5.14. The molecule has 3 heteroatoms. The maximum atomic E-state index is 11.3. The van der Waals surface area contributed by atoms with E-state index in [2.05, 4.69) is 32.0 Å². The lowest BCUT2D eigenvalue weighted by atomic mass is 9.50. The normalized spacial score (nSPS) is 32.6. The highest BCUT2D eigenvalue weighted by Gasteiger charge is 2.52. The lowest BCUT2D eigenvalue weighted by molar-refractivity contribution is -0.148. The largest absolute Gasteiger partial charge is 0.497 e. The van der Waals surface area contributed by atoms with Crippen LogP contribution in [0.5, 0.6) is 5.75 Å². The van der Waals surface area contributed by atoms with E-state index in [-0.39, 0.29) is 16.8 Å². The highest BCUT2D eigenvalue weighted by molar-refractivity contribution is 5.65. The van der Waals surface area contributed by atoms with E-state index >= 15 is 0 Å². The SMILES string of the molecule is COc1ccc2c(c1)C1(C)CCCC(C)(COC(C)=O)C1CC2. The summed E-state index contributed by atoms with van der Waals surface area (Å²) >= 11 is 0. The molecular formula is C20H28O3. The van der Waals surface area contributed by atoms with Crippen molar-refractivity contribution in [3.8, 4) is 5.75 Å². The van der Waals surface area contributed by atoms with Crippen molar-refractivity contribution in [2.24, 2.45) is 11.3 Å². The minimum atomic E-state index is -0.170. The van der Waals surface area contributed by atoms with Crippen molar-refractivity contribution < 1.29 is 14.3 Å². The van der Waals surface area contributed by atoms with Gasteiger partial charge in [0, 0.05) is 12.3 Å². The number of esters is 1. The summed E-state index contributed by atoms with van der Waals surface area (Å²) in [6.45, 7) is 6.76. The van der Waals surface area contributed by atoms with Crippen LogP contribution in [0.15, 0.2) is 18.2 Å². The van der Waals surface area contributed by atoms with Crippen LogP contribution in [-0.4, -0.2) is 19.7 Å². The fraction of sp³-hybridized carbons (Fsp3) is 0.650. The van der Waals surface area contributed by atoms with Gasteiger partial charge < -0.3 is 9.47 Å². The van der Waals surface area contributed by atoms with E-state index < -0.39 is 0 Å². The molecule has 0 heterocycles. The number of hydrogen-bond donors (Lipinski definition) is 0. The minimum Gasteiger partial charge on any atom is -0.497 e. The van der Waals surface area contributed by atoms with Crippen LogP contribution >= 0.6 is 0 Å². The van der Waals surface area contributed by atoms with Crippen molar-refractivity contribution in [3.05, 3.63) is 29.3 Å². The molecular weight excluding hydrogens is 288 g/mol. The Kier molecular flexibility index (Phi) is 4.16. The van der Waals surface area contributed by atoms with Crippen molar-refractivity contribution in [1.82, 2.24) is 0 Å². The summed E-state index contributed by atoms with van der Waals surface area (Å²) in [5, 5.41) is 0. The predicted molar refractivity (Wildman–Crippen MR) is 90.7 cm³/mol. The highest BCUT2D eigenvalue weighted by atomic mass is 16.5. The van der Waals surface area contributed by atoms with Crippen LogP contribution in [0.1, 0.15) is 57.6 Å². The number of fused-ring (bicyclic) bond motifs is 3. The topological polar surface area (TPSA) is 35.5 Å². The third kappa shape index (κ3) is 2.75. The summed E-state index contributed by atoms with van der Waals surface area (Å²) < 4.78 is 10.9. The third-order valence-corrected chi connectivity index (χ3v) is 6.29. The molecule has 0 spiro atoms. The molecule has 3 nitrogen and oxygen atoms in total. The van der Waals surface area contributed by atoms with Gasteiger partial charge in [0.05, 0.1) is 13.7 Å². The van der Waals surface area contributed by atoms with Crippen molar-refractivity contribution in [3.63, 3.8) is 0 Å². The lowest BCUT2D eigenvalue weighted by Gasteiger charge is -2.55. The number of carbonyl (C=O) groups excluding carboxylic acids is 1. The molecule has 0 aromatic heterocycles. The standard InChI is InChI=1S/C20H28O3/c1-14(21)23-13-19(2)10-5-11-20(3)17-12-16(22-4)8-6-15(17)7-9-18(19)20/h6,8,12,18H,5,7,9-11,13H2,1-4H3. The Bertz CT molecular complexity index is 609. The van der Waals surface area contributed by atoms with Gasteiger partial charge in [-0.15, -0.1) is 0 Å². The first-order valence-electron chi connectivity index (χ1n) is 8.70. The lowest BCUT2D eigenvalue weighted by Crippen LogP contribution is -2.51. The van der Waals surface area contributed by atoms with Crippen LogP contribution in [0.4, 0.5) is 0 Å². The number of methoxy groups -OCH3 is 1. The monoisotopic (exact) mass is 316 g/mol. The zero-order chi connectivity index (χ0) is 16.7. The first-order chi connectivity index (χ1) is 10.9. The zero-order valence-corrected chi connectivity index (χ0v) is 14.8. The van der Waals surface area contributed by atoms with E-state index in [9.17, 15) is 4.79 Å². The van der Waals surface area contributed by atoms with Gasteiger partial charge in [-0.25, -0.2) is 0 Å². The van der Waals surface area contributed by atoms with Crippen LogP contribution in [0.2, 0.25) is 0 Å². The molecule has 2 aliphatic rings. The third-order valence-electron chi connectivity index (χ3n) is 6.29. The summed E-state index contributed by atoms with van der Waals surface area (Å²) in [7, 11) is 1.73. The van der Waals surface area contributed by atoms with Gasteiger partial charge in [-0.2, -0.15) is 0 Å². The molecule has 0 N–H and O–H groups in total.